The van der Waals surface area contributed by atoms with Crippen LogP contribution < -0.4 is 0 Å². The molecule has 1 rings (SSSR count). The minimum absolute atomic E-state index is 0.136. The number of nitrogens with zero attached hydrogens (tertiary/aromatic N) is 1. The minimum atomic E-state index is -3.48. The summed E-state index contributed by atoms with van der Waals surface area (Å²) < 4.78 is 25.1. The molecule has 0 atom stereocenters. The van der Waals surface area contributed by atoms with Crippen molar-refractivity contribution >= 4 is 31.7 Å². The third kappa shape index (κ3) is 6.44. The highest BCUT2D eigenvalue weighted by molar-refractivity contribution is 9.10. The van der Waals surface area contributed by atoms with Gasteiger partial charge in [0.25, 0.3) is 0 Å². The van der Waals surface area contributed by atoms with Crippen LogP contribution in [0.25, 0.3) is 0 Å². The smallest absolute Gasteiger partial charge is 0.238 e. The number of benzene rings is 1. The number of carbonyl (C=O) groups excluding carboxylic acids is 1. The Morgan fingerprint density at radius 2 is 2.05 bits per heavy atom. The van der Waals surface area contributed by atoms with Crippen molar-refractivity contribution in [3.63, 3.8) is 0 Å². The first kappa shape index (κ1) is 17.9. The average Bonchev–Trinajstić information content (AvgIpc) is 2.34. The molecular weight excluding hydrogens is 354 g/mol. The van der Waals surface area contributed by atoms with Gasteiger partial charge in [0.1, 0.15) is 5.75 Å². The second-order valence-corrected chi connectivity index (χ2v) is 8.01. The van der Waals surface area contributed by atoms with Gasteiger partial charge >= 0.3 is 0 Å². The Morgan fingerprint density at radius 1 is 1.38 bits per heavy atom. The molecule has 0 aliphatic rings. The van der Waals surface area contributed by atoms with Crippen LogP contribution in [0.2, 0.25) is 0 Å². The quantitative estimate of drug-likeness (QED) is 0.690. The lowest BCUT2D eigenvalue weighted by atomic mass is 10.2. The molecule has 0 unspecified atom stereocenters. The van der Waals surface area contributed by atoms with Crippen LogP contribution in [0.15, 0.2) is 40.9 Å². The summed E-state index contributed by atoms with van der Waals surface area (Å²) in [5.41, 5.74) is 1.50. The third-order valence-electron chi connectivity index (χ3n) is 2.81. The molecule has 0 aliphatic heterocycles. The Morgan fingerprint density at radius 3 is 2.57 bits per heavy atom. The van der Waals surface area contributed by atoms with Gasteiger partial charge in [-0.15, -0.1) is 0 Å². The summed E-state index contributed by atoms with van der Waals surface area (Å²) in [5.74, 6) is -0.987. The van der Waals surface area contributed by atoms with E-state index in [1.165, 1.54) is 4.90 Å². The molecule has 0 aliphatic carbocycles. The zero-order valence-electron chi connectivity index (χ0n) is 12.3. The van der Waals surface area contributed by atoms with Crippen molar-refractivity contribution in [2.75, 3.05) is 18.8 Å². The molecule has 0 bridgehead atoms. The first-order chi connectivity index (χ1) is 9.73. The van der Waals surface area contributed by atoms with Crippen molar-refractivity contribution < 1.29 is 13.2 Å². The zero-order chi connectivity index (χ0) is 16.0. The summed E-state index contributed by atoms with van der Waals surface area (Å²) in [6, 6.07) is 7.08. The lowest BCUT2D eigenvalue weighted by molar-refractivity contribution is -0.127. The van der Waals surface area contributed by atoms with Gasteiger partial charge in [-0.3, -0.25) is 4.79 Å². The summed E-state index contributed by atoms with van der Waals surface area (Å²) in [6.07, 6.45) is 0. The van der Waals surface area contributed by atoms with Gasteiger partial charge in [0, 0.05) is 17.6 Å². The highest BCUT2D eigenvalue weighted by Crippen LogP contribution is 2.14. The molecule has 116 valence electrons. The van der Waals surface area contributed by atoms with Crippen molar-refractivity contribution in [1.29, 1.82) is 0 Å². The fourth-order valence-electron chi connectivity index (χ4n) is 1.91. The van der Waals surface area contributed by atoms with Gasteiger partial charge in [-0.2, -0.15) is 0 Å². The van der Waals surface area contributed by atoms with Gasteiger partial charge < -0.3 is 4.90 Å². The molecule has 0 aromatic heterocycles. The van der Waals surface area contributed by atoms with E-state index in [1.807, 2.05) is 19.9 Å². The van der Waals surface area contributed by atoms with E-state index in [9.17, 15) is 13.2 Å². The van der Waals surface area contributed by atoms with Gasteiger partial charge in [0.05, 0.1) is 5.75 Å². The van der Waals surface area contributed by atoms with Gasteiger partial charge in [-0.05, 0) is 31.5 Å². The predicted molar refractivity (Wildman–Crippen MR) is 88.7 cm³/mol. The molecule has 1 aromatic carbocycles. The topological polar surface area (TPSA) is 54.5 Å². The standard InChI is InChI=1S/C15H20BrNO3S/c1-4-17(9-12(2)3)15(18)11-21(19,20)10-13-6-5-7-14(16)8-13/h5-8H,2,4,9-11H2,1,3H3. The van der Waals surface area contributed by atoms with Crippen LogP contribution >= 0.6 is 15.9 Å². The lowest BCUT2D eigenvalue weighted by Crippen LogP contribution is -2.36. The Bertz CT molecular complexity index is 626. The molecule has 0 heterocycles. The summed E-state index contributed by atoms with van der Waals surface area (Å²) in [7, 11) is -3.48. The van der Waals surface area contributed by atoms with E-state index in [0.29, 0.717) is 18.7 Å². The Labute approximate surface area is 134 Å². The molecule has 6 heteroatoms. The van der Waals surface area contributed by atoms with E-state index < -0.39 is 15.6 Å². The first-order valence-electron chi connectivity index (χ1n) is 6.60. The number of rotatable bonds is 7. The number of likely N-dealkylation sites (N-methyl/N-ethyl adjacent to an activating group) is 1. The molecule has 0 N–H and O–H groups in total. The van der Waals surface area contributed by atoms with E-state index in [0.717, 1.165) is 10.0 Å². The lowest BCUT2D eigenvalue weighted by Gasteiger charge is -2.20. The second-order valence-electron chi connectivity index (χ2n) is 5.03. The molecule has 0 fully saturated rings. The van der Waals surface area contributed by atoms with Crippen LogP contribution in [0.4, 0.5) is 0 Å². The van der Waals surface area contributed by atoms with Crippen LogP contribution in [0.3, 0.4) is 0 Å². The maximum Gasteiger partial charge on any atom is 0.238 e. The summed E-state index contributed by atoms with van der Waals surface area (Å²) in [6.45, 7) is 8.24. The summed E-state index contributed by atoms with van der Waals surface area (Å²) in [4.78, 5) is 13.6. The number of halogens is 1. The van der Waals surface area contributed by atoms with Gasteiger partial charge in [0.15, 0.2) is 9.84 Å². The first-order valence-corrected chi connectivity index (χ1v) is 9.22. The maximum atomic E-state index is 12.1. The van der Waals surface area contributed by atoms with Crippen molar-refractivity contribution in [2.24, 2.45) is 0 Å². The van der Waals surface area contributed by atoms with Gasteiger partial charge in [-0.1, -0.05) is 40.2 Å². The minimum Gasteiger partial charge on any atom is -0.338 e. The molecule has 1 amide bonds. The van der Waals surface area contributed by atoms with E-state index in [-0.39, 0.29) is 11.7 Å². The van der Waals surface area contributed by atoms with Crippen LogP contribution in [0.1, 0.15) is 19.4 Å². The molecule has 1 aromatic rings. The average molecular weight is 374 g/mol. The summed E-state index contributed by atoms with van der Waals surface area (Å²) >= 11 is 3.30. The van der Waals surface area contributed by atoms with Crippen molar-refractivity contribution in [3.8, 4) is 0 Å². The van der Waals surface area contributed by atoms with Crippen molar-refractivity contribution in [2.45, 2.75) is 19.6 Å². The number of amides is 1. The fourth-order valence-corrected chi connectivity index (χ4v) is 3.71. The predicted octanol–water partition coefficient (Wildman–Crippen LogP) is 2.79. The van der Waals surface area contributed by atoms with Crippen LogP contribution in [-0.4, -0.2) is 38.1 Å². The Kier molecular flexibility index (Phi) is 6.61. The monoisotopic (exact) mass is 373 g/mol. The fraction of sp³-hybridized carbons (Fsp3) is 0.400. The molecule has 21 heavy (non-hydrogen) atoms. The molecule has 0 saturated carbocycles. The highest BCUT2D eigenvalue weighted by atomic mass is 79.9. The molecule has 0 radical (unpaired) electrons. The maximum absolute atomic E-state index is 12.1. The van der Waals surface area contributed by atoms with Crippen LogP contribution in [0, 0.1) is 0 Å². The van der Waals surface area contributed by atoms with E-state index in [2.05, 4.69) is 22.5 Å². The normalized spacial score (nSPS) is 11.2. The van der Waals surface area contributed by atoms with E-state index in [4.69, 9.17) is 0 Å². The Balaban J connectivity index is 2.75. The number of carbonyl (C=O) groups is 1. The highest BCUT2D eigenvalue weighted by Gasteiger charge is 2.21. The van der Waals surface area contributed by atoms with Gasteiger partial charge in [-0.25, -0.2) is 8.42 Å². The van der Waals surface area contributed by atoms with Gasteiger partial charge in [0.2, 0.25) is 5.91 Å². The Hall–Kier alpha value is -1.14. The number of hydrogen-bond donors (Lipinski definition) is 0. The third-order valence-corrected chi connectivity index (χ3v) is 4.77. The molecular formula is C15H20BrNO3S. The second kappa shape index (κ2) is 7.75. The molecule has 4 nitrogen and oxygen atoms in total. The number of sulfone groups is 1. The van der Waals surface area contributed by atoms with Crippen molar-refractivity contribution in [1.82, 2.24) is 4.90 Å². The van der Waals surface area contributed by atoms with Crippen LogP contribution in [0.5, 0.6) is 0 Å². The largest absolute Gasteiger partial charge is 0.338 e. The zero-order valence-corrected chi connectivity index (χ0v) is 14.7. The number of hydrogen-bond acceptors (Lipinski definition) is 3. The van der Waals surface area contributed by atoms with Crippen molar-refractivity contribution in [3.05, 3.63) is 46.5 Å². The molecule has 0 saturated heterocycles. The van der Waals surface area contributed by atoms with E-state index in [1.54, 1.807) is 18.2 Å². The molecule has 0 spiro atoms. The summed E-state index contributed by atoms with van der Waals surface area (Å²) in [5, 5.41) is 0. The SMILES string of the molecule is C=C(C)CN(CC)C(=O)CS(=O)(=O)Cc1cccc(Br)c1. The van der Waals surface area contributed by atoms with E-state index >= 15 is 0 Å². The van der Waals surface area contributed by atoms with Crippen LogP contribution in [-0.2, 0) is 20.4 Å².